The van der Waals surface area contributed by atoms with Crippen LogP contribution in [0.2, 0.25) is 0 Å². The maximum absolute atomic E-state index is 12.4. The Bertz CT molecular complexity index is 430. The van der Waals surface area contributed by atoms with Crippen molar-refractivity contribution in [3.8, 4) is 0 Å². The van der Waals surface area contributed by atoms with Gasteiger partial charge in [0.15, 0.2) is 0 Å². The van der Waals surface area contributed by atoms with Crippen LogP contribution in [-0.2, 0) is 4.79 Å². The van der Waals surface area contributed by atoms with Gasteiger partial charge in [0, 0.05) is 25.0 Å². The van der Waals surface area contributed by atoms with E-state index in [1.165, 1.54) is 12.8 Å². The third kappa shape index (κ3) is 2.69. The molecule has 1 atom stereocenters. The van der Waals surface area contributed by atoms with Gasteiger partial charge in [-0.15, -0.1) is 0 Å². The summed E-state index contributed by atoms with van der Waals surface area (Å²) in [6, 6.07) is 2.09. The number of aromatic nitrogens is 2. The van der Waals surface area contributed by atoms with E-state index in [0.717, 1.165) is 32.2 Å². The average Bonchev–Trinajstić information content (AvgIpc) is 3.10. The van der Waals surface area contributed by atoms with E-state index in [1.807, 2.05) is 4.90 Å². The molecule has 0 radical (unpaired) electrons. The van der Waals surface area contributed by atoms with Crippen molar-refractivity contribution in [2.24, 2.45) is 0 Å². The summed E-state index contributed by atoms with van der Waals surface area (Å²) >= 11 is 0. The predicted octanol–water partition coefficient (Wildman–Crippen LogP) is 1.50. The van der Waals surface area contributed by atoms with Crippen LogP contribution in [0, 0.1) is 0 Å². The van der Waals surface area contributed by atoms with Crippen molar-refractivity contribution in [3.63, 3.8) is 0 Å². The number of nitrogens with one attached hydrogen (secondary N) is 1. The number of hydrogen-bond donors (Lipinski definition) is 1. The number of carbonyl (C=O) groups is 1. The summed E-state index contributed by atoms with van der Waals surface area (Å²) in [5.74, 6) is 0.823. The van der Waals surface area contributed by atoms with Crippen molar-refractivity contribution in [1.82, 2.24) is 15.3 Å². The first-order valence-corrected chi connectivity index (χ1v) is 7.18. The van der Waals surface area contributed by atoms with Crippen LogP contribution in [0.4, 0.5) is 5.95 Å². The lowest BCUT2D eigenvalue weighted by molar-refractivity contribution is -0.122. The molecule has 1 saturated heterocycles. The molecule has 1 aliphatic carbocycles. The molecular weight excluding hydrogens is 240 g/mol. The lowest BCUT2D eigenvalue weighted by Crippen LogP contribution is -2.46. The van der Waals surface area contributed by atoms with Crippen LogP contribution in [0.25, 0.3) is 0 Å². The zero-order chi connectivity index (χ0) is 13.1. The smallest absolute Gasteiger partial charge is 0.243 e. The van der Waals surface area contributed by atoms with Crippen LogP contribution in [0.5, 0.6) is 0 Å². The first-order valence-electron chi connectivity index (χ1n) is 7.18. The molecular formula is C14H20N4O. The highest BCUT2D eigenvalue weighted by Crippen LogP contribution is 2.23. The molecule has 1 N–H and O–H groups in total. The second kappa shape index (κ2) is 5.55. The minimum absolute atomic E-state index is 0.0944. The molecule has 19 heavy (non-hydrogen) atoms. The number of rotatable bonds is 3. The first-order chi connectivity index (χ1) is 9.34. The molecule has 2 heterocycles. The molecule has 102 valence electrons. The molecule has 1 aromatic rings. The summed E-state index contributed by atoms with van der Waals surface area (Å²) in [5.41, 5.74) is 0. The molecule has 1 aromatic heterocycles. The second-order valence-electron chi connectivity index (χ2n) is 5.39. The third-order valence-electron chi connectivity index (χ3n) is 4.07. The van der Waals surface area contributed by atoms with E-state index in [2.05, 4.69) is 15.3 Å². The summed E-state index contributed by atoms with van der Waals surface area (Å²) in [4.78, 5) is 22.9. The lowest BCUT2D eigenvalue weighted by Gasteiger charge is -2.25. The van der Waals surface area contributed by atoms with E-state index in [1.54, 1.807) is 18.5 Å². The van der Waals surface area contributed by atoms with Crippen LogP contribution in [0.15, 0.2) is 18.5 Å². The Labute approximate surface area is 113 Å². The van der Waals surface area contributed by atoms with Gasteiger partial charge in [0.05, 0.1) is 0 Å². The maximum atomic E-state index is 12.4. The third-order valence-corrected chi connectivity index (χ3v) is 4.07. The summed E-state index contributed by atoms with van der Waals surface area (Å²) in [6.45, 7) is 0.868. The Morgan fingerprint density at radius 3 is 2.63 bits per heavy atom. The highest BCUT2D eigenvalue weighted by Gasteiger charge is 2.33. The van der Waals surface area contributed by atoms with Gasteiger partial charge >= 0.3 is 0 Å². The van der Waals surface area contributed by atoms with Gasteiger partial charge in [0.25, 0.3) is 0 Å². The number of amides is 1. The minimum Gasteiger partial charge on any atom is -0.352 e. The number of anilines is 1. The highest BCUT2D eigenvalue weighted by atomic mass is 16.2. The SMILES string of the molecule is O=C(NC1CCCC1)C1CCCN1c1ncccn1. The minimum atomic E-state index is -0.0944. The van der Waals surface area contributed by atoms with Gasteiger partial charge < -0.3 is 10.2 Å². The monoisotopic (exact) mass is 260 g/mol. The fourth-order valence-electron chi connectivity index (χ4n) is 3.09. The van der Waals surface area contributed by atoms with Crippen molar-refractivity contribution in [1.29, 1.82) is 0 Å². The lowest BCUT2D eigenvalue weighted by atomic mass is 10.1. The summed E-state index contributed by atoms with van der Waals surface area (Å²) in [6.07, 6.45) is 10.1. The molecule has 0 spiro atoms. The fraction of sp³-hybridized carbons (Fsp3) is 0.643. The molecule has 1 amide bonds. The van der Waals surface area contributed by atoms with Gasteiger partial charge in [0.1, 0.15) is 6.04 Å². The maximum Gasteiger partial charge on any atom is 0.243 e. The van der Waals surface area contributed by atoms with Crippen LogP contribution in [0.3, 0.4) is 0 Å². The molecule has 5 nitrogen and oxygen atoms in total. The quantitative estimate of drug-likeness (QED) is 0.895. The zero-order valence-corrected chi connectivity index (χ0v) is 11.1. The van der Waals surface area contributed by atoms with E-state index < -0.39 is 0 Å². The van der Waals surface area contributed by atoms with Gasteiger partial charge in [-0.05, 0) is 31.7 Å². The van der Waals surface area contributed by atoms with Crippen LogP contribution in [-0.4, -0.2) is 34.5 Å². The fourth-order valence-corrected chi connectivity index (χ4v) is 3.09. The molecule has 5 heteroatoms. The average molecular weight is 260 g/mol. The second-order valence-corrected chi connectivity index (χ2v) is 5.39. The predicted molar refractivity (Wildman–Crippen MR) is 72.8 cm³/mol. The van der Waals surface area contributed by atoms with Crippen molar-refractivity contribution in [3.05, 3.63) is 18.5 Å². The standard InChI is InChI=1S/C14H20N4O/c19-13(17-11-5-1-2-6-11)12-7-3-10-18(12)14-15-8-4-9-16-14/h4,8-9,11-12H,1-3,5-7,10H2,(H,17,19). The summed E-state index contributed by atoms with van der Waals surface area (Å²) < 4.78 is 0. The van der Waals surface area contributed by atoms with E-state index in [-0.39, 0.29) is 11.9 Å². The van der Waals surface area contributed by atoms with Crippen LogP contribution >= 0.6 is 0 Å². The Morgan fingerprint density at radius 2 is 1.89 bits per heavy atom. The molecule has 2 fully saturated rings. The molecule has 1 unspecified atom stereocenters. The molecule has 2 aliphatic rings. The molecule has 0 bridgehead atoms. The van der Waals surface area contributed by atoms with E-state index in [9.17, 15) is 4.79 Å². The van der Waals surface area contributed by atoms with E-state index in [0.29, 0.717) is 12.0 Å². The van der Waals surface area contributed by atoms with Gasteiger partial charge in [-0.25, -0.2) is 9.97 Å². The Morgan fingerprint density at radius 1 is 1.16 bits per heavy atom. The van der Waals surface area contributed by atoms with Gasteiger partial charge in [0.2, 0.25) is 11.9 Å². The van der Waals surface area contributed by atoms with Crippen molar-refractivity contribution >= 4 is 11.9 Å². The topological polar surface area (TPSA) is 58.1 Å². The van der Waals surface area contributed by atoms with Crippen molar-refractivity contribution in [2.75, 3.05) is 11.4 Å². The van der Waals surface area contributed by atoms with Crippen LogP contribution < -0.4 is 10.2 Å². The summed E-state index contributed by atoms with van der Waals surface area (Å²) in [7, 11) is 0. The first kappa shape index (κ1) is 12.4. The number of nitrogens with zero attached hydrogens (tertiary/aromatic N) is 3. The van der Waals surface area contributed by atoms with E-state index >= 15 is 0 Å². The van der Waals surface area contributed by atoms with Crippen LogP contribution in [0.1, 0.15) is 38.5 Å². The normalized spacial score (nSPS) is 23.8. The molecule has 1 aliphatic heterocycles. The Kier molecular flexibility index (Phi) is 3.62. The van der Waals surface area contributed by atoms with Crippen molar-refractivity contribution < 1.29 is 4.79 Å². The Balaban J connectivity index is 1.67. The number of carbonyl (C=O) groups excluding carboxylic acids is 1. The van der Waals surface area contributed by atoms with Gasteiger partial charge in [-0.3, -0.25) is 4.79 Å². The van der Waals surface area contributed by atoms with Gasteiger partial charge in [-0.2, -0.15) is 0 Å². The van der Waals surface area contributed by atoms with E-state index in [4.69, 9.17) is 0 Å². The zero-order valence-electron chi connectivity index (χ0n) is 11.1. The Hall–Kier alpha value is -1.65. The van der Waals surface area contributed by atoms with Crippen molar-refractivity contribution in [2.45, 2.75) is 50.6 Å². The summed E-state index contributed by atoms with van der Waals surface area (Å²) in [5, 5.41) is 3.18. The molecule has 1 saturated carbocycles. The van der Waals surface area contributed by atoms with Gasteiger partial charge in [-0.1, -0.05) is 12.8 Å². The molecule has 3 rings (SSSR count). The highest BCUT2D eigenvalue weighted by molar-refractivity contribution is 5.85. The number of hydrogen-bond acceptors (Lipinski definition) is 4. The molecule has 0 aromatic carbocycles. The largest absolute Gasteiger partial charge is 0.352 e.